The zero-order valence-electron chi connectivity index (χ0n) is 11.8. The van der Waals surface area contributed by atoms with Crippen molar-refractivity contribution in [3.8, 4) is 11.8 Å². The molecule has 0 atom stereocenters. The van der Waals surface area contributed by atoms with Crippen molar-refractivity contribution in [3.63, 3.8) is 0 Å². The van der Waals surface area contributed by atoms with Gasteiger partial charge in [-0.3, -0.25) is 0 Å². The average molecular weight is 355 g/mol. The molecule has 2 rings (SSSR count). The van der Waals surface area contributed by atoms with E-state index >= 15 is 0 Å². The molecule has 120 valence electrons. The number of carbonyl (C=O) groups is 1. The molecule has 2 aromatic rings. The Morgan fingerprint density at radius 1 is 1.43 bits per heavy atom. The quantitative estimate of drug-likeness (QED) is 0.788. The lowest BCUT2D eigenvalue weighted by Crippen LogP contribution is -2.14. The van der Waals surface area contributed by atoms with Gasteiger partial charge < -0.3 is 15.0 Å². The molecule has 8 nitrogen and oxygen atoms in total. The van der Waals surface area contributed by atoms with Gasteiger partial charge in [0.25, 0.3) is 0 Å². The molecule has 0 aliphatic carbocycles. The number of nitriles is 1. The summed E-state index contributed by atoms with van der Waals surface area (Å²) in [5.74, 6) is -0.805. The van der Waals surface area contributed by atoms with Crippen molar-refractivity contribution in [2.24, 2.45) is 5.14 Å². The number of nitrogen functional groups attached to an aromatic ring is 1. The van der Waals surface area contributed by atoms with E-state index in [1.807, 2.05) is 6.07 Å². The Morgan fingerprint density at radius 2 is 2.09 bits per heavy atom. The number of benzene rings is 1. The van der Waals surface area contributed by atoms with Crippen LogP contribution in [0.15, 0.2) is 29.3 Å². The third-order valence-corrected chi connectivity index (χ3v) is 4.28. The van der Waals surface area contributed by atoms with E-state index < -0.39 is 16.0 Å². The normalized spacial score (nSPS) is 11.0. The predicted octanol–water partition coefficient (Wildman–Crippen LogP) is 1.02. The van der Waals surface area contributed by atoms with Crippen molar-refractivity contribution in [2.45, 2.75) is 4.90 Å². The van der Waals surface area contributed by atoms with E-state index in [0.29, 0.717) is 0 Å². The average Bonchev–Trinajstić information content (AvgIpc) is 2.82. The molecule has 10 heteroatoms. The second-order valence-electron chi connectivity index (χ2n) is 4.44. The van der Waals surface area contributed by atoms with Crippen molar-refractivity contribution >= 4 is 33.3 Å². The molecule has 0 saturated heterocycles. The summed E-state index contributed by atoms with van der Waals surface area (Å²) in [4.78, 5) is 11.7. The molecule has 0 saturated carbocycles. The largest absolute Gasteiger partial charge is 0.464 e. The number of nitrogens with zero attached hydrogens (tertiary/aromatic N) is 2. The number of anilines is 1. The summed E-state index contributed by atoms with van der Waals surface area (Å²) in [6.45, 7) is 0. The van der Waals surface area contributed by atoms with Gasteiger partial charge in [-0.25, -0.2) is 18.4 Å². The van der Waals surface area contributed by atoms with Gasteiger partial charge in [-0.05, 0) is 18.2 Å². The third-order valence-electron chi connectivity index (χ3n) is 3.05. The molecule has 0 amide bonds. The zero-order chi connectivity index (χ0) is 17.4. The lowest BCUT2D eigenvalue weighted by atomic mass is 10.2. The Labute approximate surface area is 136 Å². The van der Waals surface area contributed by atoms with Crippen molar-refractivity contribution in [2.75, 3.05) is 12.8 Å². The van der Waals surface area contributed by atoms with E-state index in [9.17, 15) is 13.2 Å². The van der Waals surface area contributed by atoms with E-state index in [0.717, 1.165) is 7.11 Å². The summed E-state index contributed by atoms with van der Waals surface area (Å²) < 4.78 is 28.8. The molecule has 0 aliphatic rings. The second kappa shape index (κ2) is 5.92. The van der Waals surface area contributed by atoms with E-state index in [-0.39, 0.29) is 32.6 Å². The fraction of sp³-hybridized carbons (Fsp3) is 0.0769. The number of hydrogen-bond acceptors (Lipinski definition) is 6. The summed E-state index contributed by atoms with van der Waals surface area (Å²) in [7, 11) is -2.84. The highest BCUT2D eigenvalue weighted by atomic mass is 35.5. The molecule has 1 heterocycles. The third kappa shape index (κ3) is 3.00. The van der Waals surface area contributed by atoms with Crippen LogP contribution in [0.2, 0.25) is 5.02 Å². The number of esters is 1. The smallest absolute Gasteiger partial charge is 0.357 e. The van der Waals surface area contributed by atoms with E-state index in [4.69, 9.17) is 27.7 Å². The maximum atomic E-state index is 11.9. The van der Waals surface area contributed by atoms with Gasteiger partial charge in [-0.2, -0.15) is 5.26 Å². The highest BCUT2D eigenvalue weighted by Gasteiger charge is 2.23. The molecule has 0 unspecified atom stereocenters. The first kappa shape index (κ1) is 16.8. The number of sulfonamides is 1. The topological polar surface area (TPSA) is 141 Å². The molecular formula is C13H11ClN4O4S. The van der Waals surface area contributed by atoms with Crippen LogP contribution in [0.4, 0.5) is 5.69 Å². The summed E-state index contributed by atoms with van der Waals surface area (Å²) in [5, 5.41) is 14.3. The van der Waals surface area contributed by atoms with Crippen LogP contribution in [0.1, 0.15) is 16.1 Å². The molecule has 1 aromatic heterocycles. The number of methoxy groups -OCH3 is 1. The minimum absolute atomic E-state index is 0.0162. The SMILES string of the molecule is COC(=O)c1c(N)c(C#N)cn1-c1cc(S(N)(=O)=O)ccc1Cl. The van der Waals surface area contributed by atoms with Crippen LogP contribution in [0.5, 0.6) is 0 Å². The molecule has 0 radical (unpaired) electrons. The minimum atomic E-state index is -3.98. The monoisotopic (exact) mass is 354 g/mol. The Morgan fingerprint density at radius 3 is 2.61 bits per heavy atom. The van der Waals surface area contributed by atoms with Gasteiger partial charge in [-0.15, -0.1) is 0 Å². The van der Waals surface area contributed by atoms with Crippen LogP contribution >= 0.6 is 11.6 Å². The highest BCUT2D eigenvalue weighted by Crippen LogP contribution is 2.30. The predicted molar refractivity (Wildman–Crippen MR) is 82.6 cm³/mol. The minimum Gasteiger partial charge on any atom is -0.464 e. The van der Waals surface area contributed by atoms with Crippen molar-refractivity contribution < 1.29 is 17.9 Å². The summed E-state index contributed by atoms with van der Waals surface area (Å²) >= 11 is 6.07. The van der Waals surface area contributed by atoms with Crippen molar-refractivity contribution in [1.82, 2.24) is 4.57 Å². The fourth-order valence-corrected chi connectivity index (χ4v) is 2.70. The molecule has 0 spiro atoms. The van der Waals surface area contributed by atoms with Crippen LogP contribution in [-0.2, 0) is 14.8 Å². The standard InChI is InChI=1S/C13H11ClN4O4S/c1-22-13(19)12-11(16)7(5-15)6-18(12)10-4-8(23(17,20)21)2-3-9(10)14/h2-4,6H,16H2,1H3,(H2,17,20,21). The van der Waals surface area contributed by atoms with Gasteiger partial charge in [0, 0.05) is 6.20 Å². The number of halogens is 1. The lowest BCUT2D eigenvalue weighted by Gasteiger charge is -2.11. The lowest BCUT2D eigenvalue weighted by molar-refractivity contribution is 0.0593. The number of hydrogen-bond donors (Lipinski definition) is 2. The number of rotatable bonds is 3. The number of carbonyl (C=O) groups excluding carboxylic acids is 1. The summed E-state index contributed by atoms with van der Waals surface area (Å²) in [6, 6.07) is 5.53. The molecule has 1 aromatic carbocycles. The van der Waals surface area contributed by atoms with Gasteiger partial charge in [0.2, 0.25) is 10.0 Å². The molecular weight excluding hydrogens is 344 g/mol. The summed E-state index contributed by atoms with van der Waals surface area (Å²) in [6.07, 6.45) is 1.26. The molecule has 0 aliphatic heterocycles. The van der Waals surface area contributed by atoms with Crippen LogP contribution in [0, 0.1) is 11.3 Å². The van der Waals surface area contributed by atoms with Gasteiger partial charge >= 0.3 is 5.97 Å². The first-order valence-corrected chi connectivity index (χ1v) is 7.95. The summed E-state index contributed by atoms with van der Waals surface area (Å²) in [5.41, 5.74) is 5.66. The van der Waals surface area contributed by atoms with Crippen molar-refractivity contribution in [3.05, 3.63) is 40.7 Å². The number of primary sulfonamides is 1. The first-order valence-electron chi connectivity index (χ1n) is 6.02. The van der Waals surface area contributed by atoms with Crippen LogP contribution in [-0.4, -0.2) is 26.1 Å². The first-order chi connectivity index (χ1) is 10.7. The highest BCUT2D eigenvalue weighted by molar-refractivity contribution is 7.89. The van der Waals surface area contributed by atoms with Crippen LogP contribution < -0.4 is 10.9 Å². The molecule has 4 N–H and O–H groups in total. The van der Waals surface area contributed by atoms with Crippen molar-refractivity contribution in [1.29, 1.82) is 5.26 Å². The molecule has 0 fully saturated rings. The van der Waals surface area contributed by atoms with E-state index in [1.165, 1.54) is 29.0 Å². The van der Waals surface area contributed by atoms with Crippen LogP contribution in [0.3, 0.4) is 0 Å². The van der Waals surface area contributed by atoms with Gasteiger partial charge in [0.1, 0.15) is 6.07 Å². The Balaban J connectivity index is 2.82. The maximum Gasteiger partial charge on any atom is 0.357 e. The second-order valence-corrected chi connectivity index (χ2v) is 6.41. The van der Waals surface area contributed by atoms with Gasteiger partial charge in [0.15, 0.2) is 5.69 Å². The van der Waals surface area contributed by atoms with Gasteiger partial charge in [-0.1, -0.05) is 11.6 Å². The zero-order valence-corrected chi connectivity index (χ0v) is 13.4. The van der Waals surface area contributed by atoms with E-state index in [1.54, 1.807) is 0 Å². The molecule has 0 bridgehead atoms. The maximum absolute atomic E-state index is 11.9. The Kier molecular flexibility index (Phi) is 4.33. The number of aromatic nitrogens is 1. The van der Waals surface area contributed by atoms with Crippen LogP contribution in [0.25, 0.3) is 5.69 Å². The van der Waals surface area contributed by atoms with Gasteiger partial charge in [0.05, 0.1) is 34.0 Å². The Hall–Kier alpha value is -2.54. The number of ether oxygens (including phenoxy) is 1. The molecule has 23 heavy (non-hydrogen) atoms. The number of nitrogens with two attached hydrogens (primary N) is 2. The fourth-order valence-electron chi connectivity index (χ4n) is 1.96. The Bertz CT molecular complexity index is 944. The van der Waals surface area contributed by atoms with E-state index in [2.05, 4.69) is 4.74 Å².